The van der Waals surface area contributed by atoms with Crippen LogP contribution in [0, 0.1) is 0 Å². The summed E-state index contributed by atoms with van der Waals surface area (Å²) >= 11 is 0. The Hall–Kier alpha value is -2.43. The second-order valence-corrected chi connectivity index (χ2v) is 6.02. The number of furan rings is 1. The Morgan fingerprint density at radius 3 is 2.54 bits per heavy atom. The second-order valence-electron chi connectivity index (χ2n) is 6.02. The normalized spacial score (nSPS) is 29.3. The minimum absolute atomic E-state index is 0.208. The van der Waals surface area contributed by atoms with E-state index in [9.17, 15) is 25.2 Å². The van der Waals surface area contributed by atoms with Crippen LogP contribution in [-0.2, 0) is 4.74 Å². The zero-order valence-corrected chi connectivity index (χ0v) is 13.3. The summed E-state index contributed by atoms with van der Waals surface area (Å²) in [7, 11) is 0. The number of hydrogen-bond donors (Lipinski definition) is 4. The van der Waals surface area contributed by atoms with Crippen LogP contribution in [0.25, 0.3) is 21.9 Å². The zero-order chi connectivity index (χ0) is 18.4. The summed E-state index contributed by atoms with van der Waals surface area (Å²) in [6.07, 6.45) is -5.69. The van der Waals surface area contributed by atoms with Crippen LogP contribution in [0.1, 0.15) is 0 Å². The lowest BCUT2D eigenvalue weighted by Crippen LogP contribution is -2.60. The zero-order valence-electron chi connectivity index (χ0n) is 13.3. The molecule has 1 saturated heterocycles. The lowest BCUT2D eigenvalue weighted by molar-refractivity contribution is -0.277. The van der Waals surface area contributed by atoms with E-state index in [1.807, 2.05) is 0 Å². The molecule has 0 radical (unpaired) electrons. The van der Waals surface area contributed by atoms with E-state index in [0.717, 1.165) is 0 Å². The van der Waals surface area contributed by atoms with Crippen LogP contribution in [0.3, 0.4) is 0 Å². The molecule has 0 unspecified atom stereocenters. The van der Waals surface area contributed by atoms with Crippen LogP contribution in [0.15, 0.2) is 44.2 Å². The third-order valence-corrected chi connectivity index (χ3v) is 4.39. The van der Waals surface area contributed by atoms with Gasteiger partial charge in [-0.1, -0.05) is 0 Å². The summed E-state index contributed by atoms with van der Waals surface area (Å²) < 4.78 is 21.6. The summed E-state index contributed by atoms with van der Waals surface area (Å²) in [5.74, 6) is 0.208. The minimum Gasteiger partial charge on any atom is -0.464 e. The molecule has 1 fully saturated rings. The fraction of sp³-hybridized carbons (Fsp3) is 0.353. The summed E-state index contributed by atoms with van der Waals surface area (Å²) in [4.78, 5) is 11.5. The summed E-state index contributed by atoms with van der Waals surface area (Å²) in [6, 6.07) is 5.87. The molecule has 0 spiro atoms. The molecule has 3 heterocycles. The van der Waals surface area contributed by atoms with Gasteiger partial charge in [0.2, 0.25) is 6.29 Å². The van der Waals surface area contributed by atoms with Gasteiger partial charge in [0.05, 0.1) is 23.6 Å². The first kappa shape index (κ1) is 17.0. The van der Waals surface area contributed by atoms with Gasteiger partial charge in [0.25, 0.3) is 0 Å². The highest BCUT2D eigenvalue weighted by atomic mass is 16.7. The predicted molar refractivity (Wildman–Crippen MR) is 86.7 cm³/mol. The fourth-order valence-electron chi connectivity index (χ4n) is 3.02. The van der Waals surface area contributed by atoms with Crippen LogP contribution >= 0.6 is 0 Å². The molecule has 0 amide bonds. The largest absolute Gasteiger partial charge is 0.464 e. The Kier molecular flexibility index (Phi) is 4.17. The third-order valence-electron chi connectivity index (χ3n) is 4.39. The van der Waals surface area contributed by atoms with Gasteiger partial charge < -0.3 is 38.7 Å². The Morgan fingerprint density at radius 1 is 1.00 bits per heavy atom. The highest BCUT2D eigenvalue weighted by Crippen LogP contribution is 2.37. The van der Waals surface area contributed by atoms with Gasteiger partial charge >= 0.3 is 5.63 Å². The first-order valence-electron chi connectivity index (χ1n) is 7.91. The third kappa shape index (κ3) is 2.66. The van der Waals surface area contributed by atoms with Gasteiger partial charge in [0, 0.05) is 12.1 Å². The Balaban J connectivity index is 1.80. The van der Waals surface area contributed by atoms with Crippen molar-refractivity contribution in [2.24, 2.45) is 0 Å². The van der Waals surface area contributed by atoms with E-state index in [0.29, 0.717) is 16.4 Å². The molecule has 2 aromatic heterocycles. The van der Waals surface area contributed by atoms with Gasteiger partial charge in [-0.05, 0) is 12.1 Å². The van der Waals surface area contributed by atoms with Gasteiger partial charge in [0.1, 0.15) is 41.3 Å². The van der Waals surface area contributed by atoms with Crippen molar-refractivity contribution in [3.63, 3.8) is 0 Å². The standard InChI is InChI=1S/C17H16O9/c18-6-11-13(20)14(21)15(22)17(25-11)26-16-7-1-2-12(19)24-10(7)5-9-8(16)3-4-23-9/h1-5,11,13-15,17-18,20-22H,6H2/t11-,13-,14+,15-,17+/m1/s1. The quantitative estimate of drug-likeness (QED) is 0.461. The predicted octanol–water partition coefficient (Wildman–Crippen LogP) is -0.282. The molecule has 1 aromatic carbocycles. The van der Waals surface area contributed by atoms with Crippen LogP contribution in [0.2, 0.25) is 0 Å². The summed E-state index contributed by atoms with van der Waals surface area (Å²) in [6.45, 7) is -0.573. The molecule has 9 nitrogen and oxygen atoms in total. The van der Waals surface area contributed by atoms with E-state index in [-0.39, 0.29) is 11.3 Å². The van der Waals surface area contributed by atoms with Gasteiger partial charge in [-0.3, -0.25) is 0 Å². The van der Waals surface area contributed by atoms with Crippen molar-refractivity contribution >= 4 is 21.9 Å². The van der Waals surface area contributed by atoms with Crippen molar-refractivity contribution in [1.82, 2.24) is 0 Å². The molecule has 26 heavy (non-hydrogen) atoms. The van der Waals surface area contributed by atoms with E-state index < -0.39 is 42.9 Å². The second kappa shape index (κ2) is 6.38. The molecule has 0 bridgehead atoms. The Morgan fingerprint density at radius 2 is 1.77 bits per heavy atom. The molecular weight excluding hydrogens is 348 g/mol. The smallest absolute Gasteiger partial charge is 0.336 e. The van der Waals surface area contributed by atoms with Crippen molar-refractivity contribution in [2.75, 3.05) is 6.61 Å². The van der Waals surface area contributed by atoms with Crippen LogP contribution < -0.4 is 10.4 Å². The van der Waals surface area contributed by atoms with Crippen molar-refractivity contribution in [3.8, 4) is 5.75 Å². The number of hydrogen-bond acceptors (Lipinski definition) is 9. The maximum atomic E-state index is 11.5. The van der Waals surface area contributed by atoms with Crippen molar-refractivity contribution in [2.45, 2.75) is 30.7 Å². The molecule has 3 aromatic rings. The highest BCUT2D eigenvalue weighted by Gasteiger charge is 2.45. The number of aliphatic hydroxyl groups is 4. The van der Waals surface area contributed by atoms with E-state index in [4.69, 9.17) is 18.3 Å². The fourth-order valence-corrected chi connectivity index (χ4v) is 3.02. The molecule has 138 valence electrons. The summed E-state index contributed by atoms with van der Waals surface area (Å²) in [5, 5.41) is 40.2. The molecular formula is C17H16O9. The molecule has 4 rings (SSSR count). The monoisotopic (exact) mass is 364 g/mol. The highest BCUT2D eigenvalue weighted by molar-refractivity contribution is 6.01. The van der Waals surface area contributed by atoms with Gasteiger partial charge in [0.15, 0.2) is 0 Å². The molecule has 0 aliphatic carbocycles. The molecule has 5 atom stereocenters. The number of benzene rings is 1. The first-order valence-corrected chi connectivity index (χ1v) is 7.91. The number of ether oxygens (including phenoxy) is 2. The van der Waals surface area contributed by atoms with Gasteiger partial charge in [-0.25, -0.2) is 4.79 Å². The summed E-state index contributed by atoms with van der Waals surface area (Å²) in [5.41, 5.74) is 0.0353. The van der Waals surface area contributed by atoms with Crippen molar-refractivity contribution in [3.05, 3.63) is 40.9 Å². The molecule has 0 saturated carbocycles. The van der Waals surface area contributed by atoms with E-state index in [2.05, 4.69) is 0 Å². The number of aliphatic hydroxyl groups excluding tert-OH is 4. The van der Waals surface area contributed by atoms with Crippen molar-refractivity contribution in [1.29, 1.82) is 0 Å². The van der Waals surface area contributed by atoms with Crippen molar-refractivity contribution < 1.29 is 38.7 Å². The Labute approximate surface area is 145 Å². The minimum atomic E-state index is -1.57. The Bertz CT molecular complexity index is 989. The molecule has 9 heteroatoms. The van der Waals surface area contributed by atoms with Crippen LogP contribution in [-0.4, -0.2) is 57.7 Å². The average Bonchev–Trinajstić information content (AvgIpc) is 3.09. The van der Waals surface area contributed by atoms with Crippen LogP contribution in [0.5, 0.6) is 5.75 Å². The maximum absolute atomic E-state index is 11.5. The van der Waals surface area contributed by atoms with Crippen LogP contribution in [0.4, 0.5) is 0 Å². The van der Waals surface area contributed by atoms with Gasteiger partial charge in [-0.15, -0.1) is 0 Å². The average molecular weight is 364 g/mol. The maximum Gasteiger partial charge on any atom is 0.336 e. The first-order chi connectivity index (χ1) is 12.5. The molecule has 4 N–H and O–H groups in total. The SMILES string of the molecule is O=c1ccc2c(O[C@@H]3O[C@H](CO)[C@@H](O)[C@H](O)[C@H]3O)c3ccoc3cc2o1. The molecule has 1 aliphatic rings. The number of fused-ring (bicyclic) bond motifs is 2. The number of rotatable bonds is 3. The van der Waals surface area contributed by atoms with Gasteiger partial charge in [-0.2, -0.15) is 0 Å². The van der Waals surface area contributed by atoms with E-state index >= 15 is 0 Å². The topological polar surface area (TPSA) is 143 Å². The molecule has 1 aliphatic heterocycles. The lowest BCUT2D eigenvalue weighted by atomic mass is 9.99. The lowest BCUT2D eigenvalue weighted by Gasteiger charge is -2.39. The van der Waals surface area contributed by atoms with E-state index in [1.54, 1.807) is 6.07 Å². The van der Waals surface area contributed by atoms with E-state index in [1.165, 1.54) is 24.5 Å².